The van der Waals surface area contributed by atoms with E-state index in [9.17, 15) is 4.39 Å². The van der Waals surface area contributed by atoms with Gasteiger partial charge in [0.1, 0.15) is 17.3 Å². The van der Waals surface area contributed by atoms with E-state index in [4.69, 9.17) is 16.3 Å². The molecule has 0 unspecified atom stereocenters. The number of hydrogen-bond acceptors (Lipinski definition) is 2. The highest BCUT2D eigenvalue weighted by Crippen LogP contribution is 2.30. The van der Waals surface area contributed by atoms with Gasteiger partial charge in [0, 0.05) is 22.6 Å². The first-order valence-electron chi connectivity index (χ1n) is 6.72. The Morgan fingerprint density at radius 1 is 1.24 bits per heavy atom. The summed E-state index contributed by atoms with van der Waals surface area (Å²) in [7, 11) is 0. The van der Waals surface area contributed by atoms with Crippen molar-refractivity contribution in [2.45, 2.75) is 19.9 Å². The van der Waals surface area contributed by atoms with Gasteiger partial charge >= 0.3 is 0 Å². The van der Waals surface area contributed by atoms with Crippen LogP contribution in [0.3, 0.4) is 0 Å². The molecular weight excluding hydrogens is 357 g/mol. The second-order valence-corrected chi connectivity index (χ2v) is 5.93. The van der Waals surface area contributed by atoms with E-state index < -0.39 is 5.82 Å². The van der Waals surface area contributed by atoms with Crippen molar-refractivity contribution in [3.05, 3.63) is 57.3 Å². The van der Waals surface area contributed by atoms with Crippen molar-refractivity contribution < 1.29 is 9.13 Å². The van der Waals surface area contributed by atoms with Crippen LogP contribution in [0.4, 0.5) is 4.39 Å². The van der Waals surface area contributed by atoms with Crippen LogP contribution in [0.1, 0.15) is 18.9 Å². The van der Waals surface area contributed by atoms with Gasteiger partial charge in [0.2, 0.25) is 0 Å². The second-order valence-electron chi connectivity index (χ2n) is 4.61. The van der Waals surface area contributed by atoms with Gasteiger partial charge in [-0.05, 0) is 43.3 Å². The molecule has 0 fully saturated rings. The fourth-order valence-electron chi connectivity index (χ4n) is 1.85. The summed E-state index contributed by atoms with van der Waals surface area (Å²) in [5, 5.41) is 3.39. The lowest BCUT2D eigenvalue weighted by Gasteiger charge is -2.13. The summed E-state index contributed by atoms with van der Waals surface area (Å²) in [5.41, 5.74) is 1.03. The minimum atomic E-state index is -0.454. The molecule has 0 saturated heterocycles. The molecule has 0 spiro atoms. The van der Waals surface area contributed by atoms with E-state index in [2.05, 4.69) is 28.2 Å². The van der Waals surface area contributed by atoms with Crippen LogP contribution < -0.4 is 10.1 Å². The Balaban J connectivity index is 2.19. The van der Waals surface area contributed by atoms with Crippen molar-refractivity contribution in [1.82, 2.24) is 5.32 Å². The first-order chi connectivity index (χ1) is 10.1. The Morgan fingerprint density at radius 3 is 2.76 bits per heavy atom. The fraction of sp³-hybridized carbons (Fsp3) is 0.250. The molecule has 5 heteroatoms. The number of benzene rings is 2. The molecule has 112 valence electrons. The lowest BCUT2D eigenvalue weighted by molar-refractivity contribution is 0.471. The van der Waals surface area contributed by atoms with E-state index in [1.807, 2.05) is 18.2 Å². The normalized spacial score (nSPS) is 10.7. The maximum atomic E-state index is 13.2. The van der Waals surface area contributed by atoms with Crippen molar-refractivity contribution in [1.29, 1.82) is 0 Å². The number of ether oxygens (including phenoxy) is 1. The maximum absolute atomic E-state index is 13.2. The van der Waals surface area contributed by atoms with Gasteiger partial charge in [0.25, 0.3) is 0 Å². The Hall–Kier alpha value is -1.10. The Labute approximate surface area is 137 Å². The number of nitrogens with one attached hydrogen (secondary N) is 1. The lowest BCUT2D eigenvalue weighted by atomic mass is 10.2. The molecule has 0 heterocycles. The van der Waals surface area contributed by atoms with E-state index in [0.717, 1.165) is 28.8 Å². The van der Waals surface area contributed by atoms with E-state index in [1.54, 1.807) is 6.07 Å². The summed E-state index contributed by atoms with van der Waals surface area (Å²) in [6.45, 7) is 3.76. The smallest absolute Gasteiger partial charge is 0.142 e. The third-order valence-electron chi connectivity index (χ3n) is 2.88. The monoisotopic (exact) mass is 371 g/mol. The zero-order valence-corrected chi connectivity index (χ0v) is 14.0. The summed E-state index contributed by atoms with van der Waals surface area (Å²) in [5.74, 6) is 0.787. The number of rotatable bonds is 6. The van der Waals surface area contributed by atoms with E-state index >= 15 is 0 Å². The first kappa shape index (κ1) is 16.3. The topological polar surface area (TPSA) is 21.3 Å². The van der Waals surface area contributed by atoms with Crippen LogP contribution in [0, 0.1) is 5.82 Å². The molecule has 0 amide bonds. The van der Waals surface area contributed by atoms with Crippen LogP contribution in [0.15, 0.2) is 40.9 Å². The van der Waals surface area contributed by atoms with Crippen LogP contribution in [-0.4, -0.2) is 6.54 Å². The molecule has 0 saturated carbocycles. The van der Waals surface area contributed by atoms with Gasteiger partial charge < -0.3 is 10.1 Å². The average molecular weight is 373 g/mol. The van der Waals surface area contributed by atoms with E-state index in [0.29, 0.717) is 12.3 Å². The largest absolute Gasteiger partial charge is 0.457 e. The molecule has 0 bridgehead atoms. The fourth-order valence-corrected chi connectivity index (χ4v) is 2.43. The predicted molar refractivity (Wildman–Crippen MR) is 87.6 cm³/mol. The number of halogens is 3. The molecule has 0 aliphatic carbocycles. The van der Waals surface area contributed by atoms with Gasteiger partial charge in [-0.3, -0.25) is 0 Å². The summed E-state index contributed by atoms with van der Waals surface area (Å²) in [6, 6.07) is 10.1. The SMILES string of the molecule is CCCNCc1cc(Br)ccc1Oc1ccc(F)c(Cl)c1. The molecule has 0 aliphatic heterocycles. The van der Waals surface area contributed by atoms with Crippen molar-refractivity contribution in [2.24, 2.45) is 0 Å². The van der Waals surface area contributed by atoms with Crippen molar-refractivity contribution >= 4 is 27.5 Å². The first-order valence-corrected chi connectivity index (χ1v) is 7.89. The lowest BCUT2D eigenvalue weighted by Crippen LogP contribution is -2.14. The maximum Gasteiger partial charge on any atom is 0.142 e. The van der Waals surface area contributed by atoms with Gasteiger partial charge in [-0.15, -0.1) is 0 Å². The van der Waals surface area contributed by atoms with Gasteiger partial charge in [0.15, 0.2) is 0 Å². The van der Waals surface area contributed by atoms with Crippen LogP contribution in [-0.2, 0) is 6.54 Å². The molecule has 0 aromatic heterocycles. The standard InChI is InChI=1S/C16H16BrClFNO/c1-2-7-20-10-11-8-12(17)3-6-16(11)21-13-4-5-15(19)14(18)9-13/h3-6,8-9,20H,2,7,10H2,1H3. The average Bonchev–Trinajstić information content (AvgIpc) is 2.46. The van der Waals surface area contributed by atoms with Gasteiger partial charge in [-0.2, -0.15) is 0 Å². The Morgan fingerprint density at radius 2 is 2.05 bits per heavy atom. The highest BCUT2D eigenvalue weighted by atomic mass is 79.9. The van der Waals surface area contributed by atoms with E-state index in [-0.39, 0.29) is 5.02 Å². The summed E-state index contributed by atoms with van der Waals surface area (Å²) < 4.78 is 20.0. The minimum absolute atomic E-state index is 0.0512. The highest BCUT2D eigenvalue weighted by Gasteiger charge is 2.08. The zero-order chi connectivity index (χ0) is 15.2. The molecule has 2 aromatic rings. The van der Waals surface area contributed by atoms with Gasteiger partial charge in [-0.1, -0.05) is 34.5 Å². The minimum Gasteiger partial charge on any atom is -0.457 e. The molecular formula is C16H16BrClFNO. The Bertz CT molecular complexity index is 621. The summed E-state index contributed by atoms with van der Waals surface area (Å²) >= 11 is 9.23. The highest BCUT2D eigenvalue weighted by molar-refractivity contribution is 9.10. The third kappa shape index (κ3) is 4.70. The van der Waals surface area contributed by atoms with Crippen LogP contribution in [0.5, 0.6) is 11.5 Å². The molecule has 0 atom stereocenters. The predicted octanol–water partition coefficient (Wildman–Crippen LogP) is 5.53. The van der Waals surface area contributed by atoms with Crippen molar-refractivity contribution in [2.75, 3.05) is 6.54 Å². The summed E-state index contributed by atoms with van der Waals surface area (Å²) in [6.07, 6.45) is 1.07. The quantitative estimate of drug-likeness (QED) is 0.673. The molecule has 2 nitrogen and oxygen atoms in total. The zero-order valence-electron chi connectivity index (χ0n) is 11.6. The van der Waals surface area contributed by atoms with Crippen LogP contribution in [0.25, 0.3) is 0 Å². The molecule has 1 N–H and O–H groups in total. The Kier molecular flexibility index (Phi) is 6.03. The second kappa shape index (κ2) is 7.78. The third-order valence-corrected chi connectivity index (χ3v) is 3.67. The molecule has 0 aliphatic rings. The summed E-state index contributed by atoms with van der Waals surface area (Å²) in [4.78, 5) is 0. The number of hydrogen-bond donors (Lipinski definition) is 1. The van der Waals surface area contributed by atoms with E-state index in [1.165, 1.54) is 12.1 Å². The van der Waals surface area contributed by atoms with Gasteiger partial charge in [0.05, 0.1) is 5.02 Å². The molecule has 21 heavy (non-hydrogen) atoms. The molecule has 2 rings (SSSR count). The van der Waals surface area contributed by atoms with Gasteiger partial charge in [-0.25, -0.2) is 4.39 Å². The van der Waals surface area contributed by atoms with Crippen LogP contribution >= 0.6 is 27.5 Å². The van der Waals surface area contributed by atoms with Crippen molar-refractivity contribution in [3.8, 4) is 11.5 Å². The van der Waals surface area contributed by atoms with Crippen molar-refractivity contribution in [3.63, 3.8) is 0 Å². The van der Waals surface area contributed by atoms with Crippen LogP contribution in [0.2, 0.25) is 5.02 Å². The molecule has 0 radical (unpaired) electrons. The molecule has 2 aromatic carbocycles.